The summed E-state index contributed by atoms with van der Waals surface area (Å²) in [5, 5.41) is 0. The van der Waals surface area contributed by atoms with Crippen LogP contribution in [0.25, 0.3) is 0 Å². The fourth-order valence-corrected chi connectivity index (χ4v) is 2.21. The summed E-state index contributed by atoms with van der Waals surface area (Å²) in [5.41, 5.74) is 10.4. The molecule has 1 aliphatic rings. The highest BCUT2D eigenvalue weighted by atomic mass is 15.2. The average Bonchev–Trinajstić information content (AvgIpc) is 2.74. The minimum absolute atomic E-state index is 0.784. The average molecular weight is 211 g/mol. The normalized spacial score (nSPS) is 13.9. The van der Waals surface area contributed by atoms with E-state index < -0.39 is 0 Å². The Morgan fingerprint density at radius 1 is 1.12 bits per heavy atom. The van der Waals surface area contributed by atoms with Gasteiger partial charge in [0.05, 0.1) is 17.6 Å². The number of fused-ring (bicyclic) bond motifs is 1. The van der Waals surface area contributed by atoms with E-state index in [1.54, 1.807) is 6.20 Å². The molecule has 0 amide bonds. The quantitative estimate of drug-likeness (QED) is 0.787. The van der Waals surface area contributed by atoms with E-state index in [0.717, 1.165) is 24.3 Å². The number of nitrogens with two attached hydrogens (primary N) is 1. The summed E-state index contributed by atoms with van der Waals surface area (Å²) >= 11 is 0. The Hall–Kier alpha value is -2.03. The van der Waals surface area contributed by atoms with E-state index >= 15 is 0 Å². The summed E-state index contributed by atoms with van der Waals surface area (Å²) in [6.07, 6.45) is 4.63. The number of benzene rings is 1. The van der Waals surface area contributed by atoms with Gasteiger partial charge in [0.25, 0.3) is 0 Å². The maximum Gasteiger partial charge on any atom is 0.0830 e. The van der Waals surface area contributed by atoms with Crippen LogP contribution >= 0.6 is 0 Å². The van der Waals surface area contributed by atoms with E-state index in [-0.39, 0.29) is 0 Å². The van der Waals surface area contributed by atoms with Crippen LogP contribution in [-0.2, 0) is 6.42 Å². The first-order chi connectivity index (χ1) is 7.86. The number of aromatic nitrogens is 1. The number of rotatable bonds is 1. The molecule has 0 unspecified atom stereocenters. The molecule has 3 rings (SSSR count). The van der Waals surface area contributed by atoms with Gasteiger partial charge < -0.3 is 10.6 Å². The van der Waals surface area contributed by atoms with Gasteiger partial charge in [-0.1, -0.05) is 18.2 Å². The van der Waals surface area contributed by atoms with Crippen LogP contribution in [0.15, 0.2) is 42.7 Å². The molecule has 1 aliphatic heterocycles. The zero-order chi connectivity index (χ0) is 11.0. The van der Waals surface area contributed by atoms with Crippen molar-refractivity contribution >= 4 is 17.1 Å². The predicted molar refractivity (Wildman–Crippen MR) is 65.8 cm³/mol. The van der Waals surface area contributed by atoms with E-state index in [9.17, 15) is 0 Å². The highest BCUT2D eigenvalue weighted by Crippen LogP contribution is 2.36. The number of nitrogens with zero attached hydrogens (tertiary/aromatic N) is 2. The lowest BCUT2D eigenvalue weighted by atomic mass is 10.2. The second kappa shape index (κ2) is 3.52. The van der Waals surface area contributed by atoms with Crippen LogP contribution in [0.2, 0.25) is 0 Å². The molecule has 0 spiro atoms. The van der Waals surface area contributed by atoms with Crippen LogP contribution in [0.3, 0.4) is 0 Å². The largest absolute Gasteiger partial charge is 0.397 e. The van der Waals surface area contributed by atoms with Crippen molar-refractivity contribution in [3.63, 3.8) is 0 Å². The third-order valence-electron chi connectivity index (χ3n) is 3.01. The van der Waals surface area contributed by atoms with Crippen LogP contribution < -0.4 is 10.6 Å². The van der Waals surface area contributed by atoms with E-state index in [0.29, 0.717) is 0 Å². The molecule has 0 saturated heterocycles. The Bertz CT molecular complexity index is 522. The summed E-state index contributed by atoms with van der Waals surface area (Å²) < 4.78 is 0. The number of para-hydroxylation sites is 1. The molecule has 0 aliphatic carbocycles. The zero-order valence-electron chi connectivity index (χ0n) is 8.93. The molecule has 2 aromatic rings. The number of pyridine rings is 1. The second-order valence-electron chi connectivity index (χ2n) is 3.96. The fraction of sp³-hybridized carbons (Fsp3) is 0.154. The zero-order valence-corrected chi connectivity index (χ0v) is 8.93. The SMILES string of the molecule is Nc1ccncc1N1CCc2ccccc21. The number of hydrogen-bond acceptors (Lipinski definition) is 3. The van der Waals surface area contributed by atoms with Crippen molar-refractivity contribution in [1.29, 1.82) is 0 Å². The Labute approximate surface area is 94.5 Å². The molecule has 2 heterocycles. The Morgan fingerprint density at radius 3 is 2.88 bits per heavy atom. The standard InChI is InChI=1S/C13H13N3/c14-11-5-7-15-9-13(11)16-8-6-10-3-1-2-4-12(10)16/h1-5,7,9H,6,8H2,(H2,14,15). The van der Waals surface area contributed by atoms with Gasteiger partial charge in [-0.05, 0) is 24.1 Å². The molecule has 0 radical (unpaired) electrons. The maximum atomic E-state index is 5.98. The minimum atomic E-state index is 0.784. The van der Waals surface area contributed by atoms with Gasteiger partial charge in [0.2, 0.25) is 0 Å². The minimum Gasteiger partial charge on any atom is -0.397 e. The maximum absolute atomic E-state index is 5.98. The predicted octanol–water partition coefficient (Wildman–Crippen LogP) is 2.36. The van der Waals surface area contributed by atoms with Crippen molar-refractivity contribution in [2.75, 3.05) is 17.2 Å². The molecule has 1 aromatic heterocycles. The molecule has 3 nitrogen and oxygen atoms in total. The lowest BCUT2D eigenvalue weighted by molar-refractivity contribution is 0.994. The van der Waals surface area contributed by atoms with Crippen LogP contribution in [0.1, 0.15) is 5.56 Å². The molecule has 0 fully saturated rings. The summed E-state index contributed by atoms with van der Waals surface area (Å²) in [6.45, 7) is 0.981. The Morgan fingerprint density at radius 2 is 2.00 bits per heavy atom. The summed E-state index contributed by atoms with van der Waals surface area (Å²) in [4.78, 5) is 6.38. The number of nitrogen functional groups attached to an aromatic ring is 1. The van der Waals surface area contributed by atoms with Crippen molar-refractivity contribution < 1.29 is 0 Å². The first kappa shape index (κ1) is 9.21. The van der Waals surface area contributed by atoms with Gasteiger partial charge in [-0.15, -0.1) is 0 Å². The van der Waals surface area contributed by atoms with Crippen molar-refractivity contribution in [2.24, 2.45) is 0 Å². The van der Waals surface area contributed by atoms with Crippen LogP contribution in [-0.4, -0.2) is 11.5 Å². The summed E-state index contributed by atoms with van der Waals surface area (Å²) in [5.74, 6) is 0. The van der Waals surface area contributed by atoms with Gasteiger partial charge >= 0.3 is 0 Å². The van der Waals surface area contributed by atoms with E-state index in [4.69, 9.17) is 5.73 Å². The molecule has 0 bridgehead atoms. The topological polar surface area (TPSA) is 42.1 Å². The van der Waals surface area contributed by atoms with Crippen molar-refractivity contribution in [3.05, 3.63) is 48.3 Å². The lowest BCUT2D eigenvalue weighted by Gasteiger charge is -2.20. The van der Waals surface area contributed by atoms with Crippen molar-refractivity contribution in [1.82, 2.24) is 4.98 Å². The van der Waals surface area contributed by atoms with Gasteiger partial charge in [-0.25, -0.2) is 0 Å². The van der Waals surface area contributed by atoms with Gasteiger partial charge in [0, 0.05) is 18.4 Å². The van der Waals surface area contributed by atoms with E-state index in [1.807, 2.05) is 12.3 Å². The van der Waals surface area contributed by atoms with Gasteiger partial charge in [0.1, 0.15) is 0 Å². The molecule has 1 aromatic carbocycles. The van der Waals surface area contributed by atoms with Crippen molar-refractivity contribution in [3.8, 4) is 0 Å². The van der Waals surface area contributed by atoms with Gasteiger partial charge in [-0.2, -0.15) is 0 Å². The number of anilines is 3. The molecule has 0 saturated carbocycles. The van der Waals surface area contributed by atoms with E-state index in [1.165, 1.54) is 11.3 Å². The van der Waals surface area contributed by atoms with Crippen LogP contribution in [0, 0.1) is 0 Å². The monoisotopic (exact) mass is 211 g/mol. The van der Waals surface area contributed by atoms with Gasteiger partial charge in [0.15, 0.2) is 0 Å². The van der Waals surface area contributed by atoms with E-state index in [2.05, 4.69) is 34.1 Å². The molecule has 0 atom stereocenters. The molecule has 3 heteroatoms. The van der Waals surface area contributed by atoms with Crippen LogP contribution in [0.5, 0.6) is 0 Å². The molecule has 16 heavy (non-hydrogen) atoms. The highest BCUT2D eigenvalue weighted by Gasteiger charge is 2.21. The van der Waals surface area contributed by atoms with Crippen molar-refractivity contribution in [2.45, 2.75) is 6.42 Å². The summed E-state index contributed by atoms with van der Waals surface area (Å²) in [7, 11) is 0. The van der Waals surface area contributed by atoms with Gasteiger partial charge in [-0.3, -0.25) is 4.98 Å². The third kappa shape index (κ3) is 1.33. The first-order valence-corrected chi connectivity index (χ1v) is 5.41. The highest BCUT2D eigenvalue weighted by molar-refractivity contribution is 5.77. The van der Waals surface area contributed by atoms with Crippen LogP contribution in [0.4, 0.5) is 17.1 Å². The number of hydrogen-bond donors (Lipinski definition) is 1. The summed E-state index contributed by atoms with van der Waals surface area (Å²) in [6, 6.07) is 10.3. The molecule has 2 N–H and O–H groups in total. The third-order valence-corrected chi connectivity index (χ3v) is 3.01. The lowest BCUT2D eigenvalue weighted by Crippen LogP contribution is -2.15. The fourth-order valence-electron chi connectivity index (χ4n) is 2.21. The molecule has 80 valence electrons. The molecular weight excluding hydrogens is 198 g/mol. The Balaban J connectivity index is 2.08. The molecular formula is C13H13N3. The first-order valence-electron chi connectivity index (χ1n) is 5.41. The Kier molecular flexibility index (Phi) is 2.03. The second-order valence-corrected chi connectivity index (χ2v) is 3.96. The smallest absolute Gasteiger partial charge is 0.0830 e.